The zero-order valence-corrected chi connectivity index (χ0v) is 16.7. The van der Waals surface area contributed by atoms with E-state index >= 15 is 0 Å². The maximum Gasteiger partial charge on any atom is 0.260 e. The van der Waals surface area contributed by atoms with Gasteiger partial charge in [0, 0.05) is 11.0 Å². The Kier molecular flexibility index (Phi) is 9.10. The lowest BCUT2D eigenvalue weighted by molar-refractivity contribution is -0.127. The molecule has 0 saturated heterocycles. The maximum atomic E-state index is 12.2. The van der Waals surface area contributed by atoms with Gasteiger partial charge >= 0.3 is 0 Å². The number of hydrogen-bond acceptors (Lipinski definition) is 2. The predicted molar refractivity (Wildman–Crippen MR) is 98.2 cm³/mol. The van der Waals surface area contributed by atoms with E-state index in [2.05, 4.69) is 51.0 Å². The number of nitrogens with one attached hydrogen (secondary N) is 1. The van der Waals surface area contributed by atoms with Crippen molar-refractivity contribution in [1.29, 1.82) is 0 Å². The van der Waals surface area contributed by atoms with Crippen LogP contribution in [0, 0.1) is 5.92 Å². The van der Waals surface area contributed by atoms with Crippen LogP contribution in [-0.4, -0.2) is 18.6 Å². The van der Waals surface area contributed by atoms with Crippen molar-refractivity contribution >= 4 is 37.8 Å². The lowest BCUT2D eigenvalue weighted by atomic mass is 9.99. The molecular formula is C17H25Br2NO2. The number of ether oxygens (including phenoxy) is 1. The van der Waals surface area contributed by atoms with Gasteiger partial charge in [0.15, 0.2) is 6.10 Å². The van der Waals surface area contributed by atoms with Crippen molar-refractivity contribution in [3.63, 3.8) is 0 Å². The summed E-state index contributed by atoms with van der Waals surface area (Å²) in [6.45, 7) is 6.87. The van der Waals surface area contributed by atoms with Gasteiger partial charge in [-0.1, -0.05) is 49.0 Å². The van der Waals surface area contributed by atoms with Crippen LogP contribution in [0.1, 0.15) is 46.5 Å². The third kappa shape index (κ3) is 6.69. The molecule has 1 aromatic rings. The molecule has 0 aliphatic carbocycles. The van der Waals surface area contributed by atoms with Gasteiger partial charge in [0.05, 0.1) is 4.47 Å². The van der Waals surface area contributed by atoms with Gasteiger partial charge in [0.1, 0.15) is 5.75 Å². The first kappa shape index (κ1) is 19.5. The highest BCUT2D eigenvalue weighted by molar-refractivity contribution is 9.11. The molecule has 5 heteroatoms. The van der Waals surface area contributed by atoms with E-state index in [0.29, 0.717) is 11.7 Å². The molecule has 22 heavy (non-hydrogen) atoms. The fraction of sp³-hybridized carbons (Fsp3) is 0.588. The molecule has 0 unspecified atom stereocenters. The van der Waals surface area contributed by atoms with E-state index in [0.717, 1.165) is 21.9 Å². The molecule has 0 bridgehead atoms. The van der Waals surface area contributed by atoms with Gasteiger partial charge in [-0.2, -0.15) is 0 Å². The molecule has 0 fully saturated rings. The molecule has 0 aliphatic rings. The lowest BCUT2D eigenvalue weighted by Crippen LogP contribution is -2.38. The van der Waals surface area contributed by atoms with Crippen LogP contribution in [0.25, 0.3) is 0 Å². The largest absolute Gasteiger partial charge is 0.480 e. The van der Waals surface area contributed by atoms with Crippen LogP contribution in [0.5, 0.6) is 5.75 Å². The zero-order chi connectivity index (χ0) is 16.5. The summed E-state index contributed by atoms with van der Waals surface area (Å²) in [4.78, 5) is 12.2. The van der Waals surface area contributed by atoms with Crippen LogP contribution in [0.3, 0.4) is 0 Å². The van der Waals surface area contributed by atoms with Crippen molar-refractivity contribution < 1.29 is 9.53 Å². The topological polar surface area (TPSA) is 38.3 Å². The summed E-state index contributed by atoms with van der Waals surface area (Å²) in [6.07, 6.45) is 4.16. The molecular weight excluding hydrogens is 410 g/mol. The average Bonchev–Trinajstić information content (AvgIpc) is 2.49. The van der Waals surface area contributed by atoms with E-state index in [9.17, 15) is 4.79 Å². The molecule has 1 rings (SSSR count). The molecule has 124 valence electrons. The van der Waals surface area contributed by atoms with Gasteiger partial charge in [0.2, 0.25) is 0 Å². The summed E-state index contributed by atoms with van der Waals surface area (Å²) in [5.74, 6) is 1.16. The van der Waals surface area contributed by atoms with Crippen LogP contribution in [0.2, 0.25) is 0 Å². The first-order valence-corrected chi connectivity index (χ1v) is 9.45. The second-order valence-corrected chi connectivity index (χ2v) is 7.27. The Morgan fingerprint density at radius 1 is 1.32 bits per heavy atom. The molecule has 0 aromatic heterocycles. The minimum atomic E-state index is -0.513. The first-order valence-electron chi connectivity index (χ1n) is 7.87. The van der Waals surface area contributed by atoms with E-state index in [1.54, 1.807) is 6.92 Å². The Hall–Kier alpha value is -0.550. The number of carbonyl (C=O) groups excluding carboxylic acids is 1. The summed E-state index contributed by atoms with van der Waals surface area (Å²) >= 11 is 6.84. The number of amides is 1. The monoisotopic (exact) mass is 433 g/mol. The Morgan fingerprint density at radius 2 is 2.05 bits per heavy atom. The predicted octanol–water partition coefficient (Wildman–Crippen LogP) is 5.31. The quantitative estimate of drug-likeness (QED) is 0.571. The highest BCUT2D eigenvalue weighted by Crippen LogP contribution is 2.28. The second kappa shape index (κ2) is 10.3. The number of rotatable bonds is 9. The Labute approximate surface area is 150 Å². The fourth-order valence-corrected chi connectivity index (χ4v) is 3.29. The Morgan fingerprint density at radius 3 is 2.64 bits per heavy atom. The minimum absolute atomic E-state index is 0.0650. The first-order chi connectivity index (χ1) is 10.5. The van der Waals surface area contributed by atoms with Crippen molar-refractivity contribution in [2.24, 2.45) is 5.92 Å². The van der Waals surface area contributed by atoms with Gasteiger partial charge in [0.25, 0.3) is 5.91 Å². The maximum absolute atomic E-state index is 12.2. The SMILES string of the molecule is CCCC[C@@H](CC)CNC(=O)[C@H](C)Oc1ccc(Br)cc1Br. The zero-order valence-electron chi connectivity index (χ0n) is 13.5. The molecule has 3 nitrogen and oxygen atoms in total. The van der Waals surface area contributed by atoms with Gasteiger partial charge in [-0.05, 0) is 53.4 Å². The van der Waals surface area contributed by atoms with Crippen LogP contribution in [-0.2, 0) is 4.79 Å². The number of benzene rings is 1. The summed E-state index contributed by atoms with van der Waals surface area (Å²) < 4.78 is 7.52. The van der Waals surface area contributed by atoms with Crippen LogP contribution in [0.15, 0.2) is 27.1 Å². The molecule has 1 amide bonds. The molecule has 0 spiro atoms. The van der Waals surface area contributed by atoms with Crippen molar-refractivity contribution in [2.75, 3.05) is 6.54 Å². The number of unbranched alkanes of at least 4 members (excludes halogenated alkanes) is 1. The van der Waals surface area contributed by atoms with Crippen molar-refractivity contribution in [3.05, 3.63) is 27.1 Å². The number of hydrogen-bond donors (Lipinski definition) is 1. The summed E-state index contributed by atoms with van der Waals surface area (Å²) in [5.41, 5.74) is 0. The van der Waals surface area contributed by atoms with Gasteiger partial charge in [-0.25, -0.2) is 0 Å². The van der Waals surface area contributed by atoms with E-state index < -0.39 is 6.10 Å². The molecule has 0 heterocycles. The van der Waals surface area contributed by atoms with Crippen LogP contribution in [0.4, 0.5) is 0 Å². The summed E-state index contributed by atoms with van der Waals surface area (Å²) in [5, 5.41) is 3.00. The highest BCUT2D eigenvalue weighted by atomic mass is 79.9. The van der Waals surface area contributed by atoms with Gasteiger partial charge < -0.3 is 10.1 Å². The molecule has 0 saturated carbocycles. The molecule has 1 N–H and O–H groups in total. The van der Waals surface area contributed by atoms with E-state index in [1.165, 1.54) is 19.3 Å². The third-order valence-electron chi connectivity index (χ3n) is 3.68. The normalized spacial score (nSPS) is 13.5. The van der Waals surface area contributed by atoms with Crippen molar-refractivity contribution in [1.82, 2.24) is 5.32 Å². The molecule has 2 atom stereocenters. The van der Waals surface area contributed by atoms with E-state index in [4.69, 9.17) is 4.74 Å². The highest BCUT2D eigenvalue weighted by Gasteiger charge is 2.17. The minimum Gasteiger partial charge on any atom is -0.480 e. The van der Waals surface area contributed by atoms with E-state index in [-0.39, 0.29) is 5.91 Å². The summed E-state index contributed by atoms with van der Waals surface area (Å²) in [7, 11) is 0. The van der Waals surface area contributed by atoms with Crippen LogP contribution >= 0.6 is 31.9 Å². The second-order valence-electron chi connectivity index (χ2n) is 5.50. The van der Waals surface area contributed by atoms with Crippen LogP contribution < -0.4 is 10.1 Å². The number of halogens is 2. The average molecular weight is 435 g/mol. The number of carbonyl (C=O) groups is 1. The smallest absolute Gasteiger partial charge is 0.260 e. The molecule has 0 radical (unpaired) electrons. The molecule has 0 aliphatic heterocycles. The Bertz CT molecular complexity index is 480. The van der Waals surface area contributed by atoms with Crippen molar-refractivity contribution in [3.8, 4) is 5.75 Å². The fourth-order valence-electron chi connectivity index (χ4n) is 2.15. The lowest BCUT2D eigenvalue weighted by Gasteiger charge is -2.19. The standard InChI is InChI=1S/C17H25Br2NO2/c1-4-6-7-13(5-2)11-20-17(21)12(3)22-16-9-8-14(18)10-15(16)19/h8-10,12-13H,4-7,11H2,1-3H3,(H,20,21)/t12-,13+/m0/s1. The summed E-state index contributed by atoms with van der Waals surface area (Å²) in [6, 6.07) is 5.63. The molecule has 1 aromatic carbocycles. The van der Waals surface area contributed by atoms with Crippen molar-refractivity contribution in [2.45, 2.75) is 52.6 Å². The third-order valence-corrected chi connectivity index (χ3v) is 4.79. The van der Waals surface area contributed by atoms with E-state index in [1.807, 2.05) is 18.2 Å². The van der Waals surface area contributed by atoms with Gasteiger partial charge in [-0.3, -0.25) is 4.79 Å². The van der Waals surface area contributed by atoms with Gasteiger partial charge in [-0.15, -0.1) is 0 Å². The Balaban J connectivity index is 2.47.